The molecule has 0 saturated carbocycles. The minimum absolute atomic E-state index is 0.213. The number of hydrogen-bond acceptors (Lipinski definition) is 4. The van der Waals surface area contributed by atoms with E-state index >= 15 is 0 Å². The SMILES string of the molecule is O=C1c2ccccc2C(=O)c2c1ccc(C(Br)Br)c2-c1c(C(Br)Br)ccc2c1C(=O)c1ccccc1C2=O. The standard InChI is InChI=1S/C30H14Br4O4/c31-29(32)19-11-9-17-23(27(37)15-7-3-1-5-13(15)25(17)35)21(19)22-20(30(33)34)12-10-18-24(22)28(38)16-8-4-2-6-14(16)26(18)36/h1-12,29-30H. The van der Waals surface area contributed by atoms with Gasteiger partial charge in [0.15, 0.2) is 23.1 Å². The first-order valence-corrected chi connectivity index (χ1v) is 15.2. The molecule has 6 rings (SSSR count). The number of hydrogen-bond donors (Lipinski definition) is 0. The van der Waals surface area contributed by atoms with Gasteiger partial charge in [-0.1, -0.05) is 124 Å². The Morgan fingerprint density at radius 2 is 0.684 bits per heavy atom. The van der Waals surface area contributed by atoms with Gasteiger partial charge >= 0.3 is 0 Å². The molecule has 0 radical (unpaired) electrons. The molecule has 8 heteroatoms. The maximum atomic E-state index is 14.1. The van der Waals surface area contributed by atoms with E-state index in [4.69, 9.17) is 0 Å². The van der Waals surface area contributed by atoms with E-state index in [1.54, 1.807) is 72.8 Å². The molecule has 4 aromatic rings. The molecule has 0 bridgehead atoms. The minimum Gasteiger partial charge on any atom is -0.289 e. The summed E-state index contributed by atoms with van der Waals surface area (Å²) >= 11 is 14.3. The normalized spacial score (nSPS) is 13.9. The van der Waals surface area contributed by atoms with Crippen LogP contribution in [0.4, 0.5) is 0 Å². The first-order valence-electron chi connectivity index (χ1n) is 11.5. The Hall–Kier alpha value is -2.52. The highest BCUT2D eigenvalue weighted by Gasteiger charge is 2.39. The first kappa shape index (κ1) is 25.7. The predicted molar refractivity (Wildman–Crippen MR) is 160 cm³/mol. The maximum Gasteiger partial charge on any atom is 0.195 e. The summed E-state index contributed by atoms with van der Waals surface area (Å²) in [5.41, 5.74) is 4.40. The average Bonchev–Trinajstić information content (AvgIpc) is 2.93. The lowest BCUT2D eigenvalue weighted by atomic mass is 9.74. The van der Waals surface area contributed by atoms with Gasteiger partial charge in [0.2, 0.25) is 0 Å². The number of carbonyl (C=O) groups excluding carboxylic acids is 4. The lowest BCUT2D eigenvalue weighted by molar-refractivity contribution is 0.0978. The van der Waals surface area contributed by atoms with Gasteiger partial charge in [-0.05, 0) is 34.4 Å². The summed E-state index contributed by atoms with van der Waals surface area (Å²) in [4.78, 5) is 55.3. The maximum absolute atomic E-state index is 14.1. The van der Waals surface area contributed by atoms with Crippen LogP contribution in [0.5, 0.6) is 0 Å². The van der Waals surface area contributed by atoms with Crippen molar-refractivity contribution < 1.29 is 19.2 Å². The molecule has 2 aliphatic rings. The van der Waals surface area contributed by atoms with Crippen molar-refractivity contribution in [2.24, 2.45) is 0 Å². The molecule has 0 saturated heterocycles. The third kappa shape index (κ3) is 3.72. The molecule has 0 fully saturated rings. The lowest BCUT2D eigenvalue weighted by Crippen LogP contribution is -2.25. The fourth-order valence-electron chi connectivity index (χ4n) is 5.31. The minimum atomic E-state index is -0.412. The number of rotatable bonds is 3. The van der Waals surface area contributed by atoms with Gasteiger partial charge in [0, 0.05) is 44.5 Å². The van der Waals surface area contributed by atoms with Crippen LogP contribution in [0.3, 0.4) is 0 Å². The number of carbonyl (C=O) groups is 4. The molecule has 0 aromatic heterocycles. The van der Waals surface area contributed by atoms with E-state index in [9.17, 15) is 19.2 Å². The number of halogens is 4. The van der Waals surface area contributed by atoms with Crippen molar-refractivity contribution >= 4 is 86.9 Å². The van der Waals surface area contributed by atoms with E-state index in [1.165, 1.54) is 0 Å². The number of benzene rings is 4. The number of alkyl halides is 4. The van der Waals surface area contributed by atoms with Crippen molar-refractivity contribution in [3.8, 4) is 11.1 Å². The third-order valence-corrected chi connectivity index (χ3v) is 8.94. The van der Waals surface area contributed by atoms with E-state index in [1.807, 2.05) is 0 Å². The predicted octanol–water partition coefficient (Wildman–Crippen LogP) is 8.48. The summed E-state index contributed by atoms with van der Waals surface area (Å²) in [6.07, 6.45) is 0. The molecule has 0 spiro atoms. The Labute approximate surface area is 251 Å². The molecule has 0 unspecified atom stereocenters. The summed E-state index contributed by atoms with van der Waals surface area (Å²) in [6.45, 7) is 0. The van der Waals surface area contributed by atoms with Gasteiger partial charge in [-0.2, -0.15) is 0 Å². The van der Waals surface area contributed by atoms with Gasteiger partial charge in [-0.25, -0.2) is 0 Å². The van der Waals surface area contributed by atoms with E-state index in [0.29, 0.717) is 44.5 Å². The summed E-state index contributed by atoms with van der Waals surface area (Å²) in [5.74, 6) is -1.16. The zero-order chi connectivity index (χ0) is 26.9. The molecule has 4 aromatic carbocycles. The molecule has 38 heavy (non-hydrogen) atoms. The first-order chi connectivity index (χ1) is 18.2. The zero-order valence-corrected chi connectivity index (χ0v) is 25.6. The monoisotopic (exact) mass is 754 g/mol. The van der Waals surface area contributed by atoms with Crippen molar-refractivity contribution in [2.45, 2.75) is 7.47 Å². The molecular weight excluding hydrogens is 744 g/mol. The van der Waals surface area contributed by atoms with Crippen molar-refractivity contribution in [1.29, 1.82) is 0 Å². The molecular formula is C30H14Br4O4. The van der Waals surface area contributed by atoms with Gasteiger partial charge in [-0.3, -0.25) is 19.2 Å². The quantitative estimate of drug-likeness (QED) is 0.170. The van der Waals surface area contributed by atoms with Crippen molar-refractivity contribution in [3.05, 3.63) is 128 Å². The Kier molecular flexibility index (Phi) is 6.50. The van der Waals surface area contributed by atoms with Crippen LogP contribution in [0.15, 0.2) is 72.8 Å². The van der Waals surface area contributed by atoms with Crippen LogP contribution >= 0.6 is 63.7 Å². The molecule has 0 N–H and O–H groups in total. The highest BCUT2D eigenvalue weighted by atomic mass is 79.9. The van der Waals surface area contributed by atoms with Crippen molar-refractivity contribution in [2.75, 3.05) is 0 Å². The molecule has 0 atom stereocenters. The second-order valence-electron chi connectivity index (χ2n) is 8.91. The topological polar surface area (TPSA) is 68.3 Å². The lowest BCUT2D eigenvalue weighted by Gasteiger charge is -2.28. The second kappa shape index (κ2) is 9.59. The largest absolute Gasteiger partial charge is 0.289 e. The van der Waals surface area contributed by atoms with Crippen LogP contribution in [-0.2, 0) is 0 Å². The smallest absolute Gasteiger partial charge is 0.195 e. The van der Waals surface area contributed by atoms with Gasteiger partial charge < -0.3 is 0 Å². The Balaban J connectivity index is 1.78. The summed E-state index contributed by atoms with van der Waals surface area (Å²) < 4.78 is -0.824. The van der Waals surface area contributed by atoms with Crippen molar-refractivity contribution in [1.82, 2.24) is 0 Å². The molecule has 186 valence electrons. The average molecular weight is 758 g/mol. The van der Waals surface area contributed by atoms with Crippen LogP contribution < -0.4 is 0 Å². The van der Waals surface area contributed by atoms with Crippen molar-refractivity contribution in [3.63, 3.8) is 0 Å². The van der Waals surface area contributed by atoms with Crippen LogP contribution in [0.1, 0.15) is 82.3 Å². The Morgan fingerprint density at radius 1 is 0.368 bits per heavy atom. The van der Waals surface area contributed by atoms with Crippen LogP contribution in [-0.4, -0.2) is 23.1 Å². The van der Waals surface area contributed by atoms with Gasteiger partial charge in [0.25, 0.3) is 0 Å². The van der Waals surface area contributed by atoms with Crippen LogP contribution in [0.25, 0.3) is 11.1 Å². The Morgan fingerprint density at radius 3 is 1.00 bits per heavy atom. The number of ketones is 4. The number of fused-ring (bicyclic) bond motifs is 4. The molecule has 2 aliphatic carbocycles. The van der Waals surface area contributed by atoms with Gasteiger partial charge in [0.1, 0.15) is 0 Å². The fourth-order valence-corrected chi connectivity index (χ4v) is 6.83. The van der Waals surface area contributed by atoms with E-state index < -0.39 is 7.47 Å². The third-order valence-electron chi connectivity index (χ3n) is 6.97. The zero-order valence-electron chi connectivity index (χ0n) is 19.2. The molecule has 0 amide bonds. The van der Waals surface area contributed by atoms with Gasteiger partial charge in [-0.15, -0.1) is 0 Å². The van der Waals surface area contributed by atoms with E-state index in [0.717, 1.165) is 0 Å². The summed E-state index contributed by atoms with van der Waals surface area (Å²) in [7, 11) is 0. The highest BCUT2D eigenvalue weighted by molar-refractivity contribution is 9.24. The molecule has 0 aliphatic heterocycles. The van der Waals surface area contributed by atoms with Gasteiger partial charge in [0.05, 0.1) is 7.47 Å². The Bertz CT molecular complexity index is 1620. The molecule has 0 heterocycles. The van der Waals surface area contributed by atoms with E-state index in [2.05, 4.69) is 63.7 Å². The summed E-state index contributed by atoms with van der Waals surface area (Å²) in [6, 6.07) is 20.3. The molecule has 4 nitrogen and oxygen atoms in total. The van der Waals surface area contributed by atoms with Crippen LogP contribution in [0.2, 0.25) is 0 Å². The summed E-state index contributed by atoms with van der Waals surface area (Å²) in [5, 5.41) is 0. The van der Waals surface area contributed by atoms with Crippen LogP contribution in [0, 0.1) is 0 Å². The second-order valence-corrected chi connectivity index (χ2v) is 15.0. The fraction of sp³-hybridized carbons (Fsp3) is 0.0667. The van der Waals surface area contributed by atoms with E-state index in [-0.39, 0.29) is 45.4 Å². The highest BCUT2D eigenvalue weighted by Crippen LogP contribution is 2.49.